The van der Waals surface area contributed by atoms with Crippen molar-refractivity contribution in [1.82, 2.24) is 10.4 Å². The second-order valence-corrected chi connectivity index (χ2v) is 3.94. The summed E-state index contributed by atoms with van der Waals surface area (Å²) < 4.78 is 14.1. The fourth-order valence-electron chi connectivity index (χ4n) is 1.17. The van der Waals surface area contributed by atoms with Crippen molar-refractivity contribution in [3.63, 3.8) is 0 Å². The summed E-state index contributed by atoms with van der Waals surface area (Å²) in [6.45, 7) is 0. The molecule has 0 aromatic carbocycles. The van der Waals surface area contributed by atoms with Gasteiger partial charge in [0.1, 0.15) is 6.17 Å². The molecule has 0 saturated heterocycles. The van der Waals surface area contributed by atoms with Crippen LogP contribution in [0.4, 0.5) is 10.2 Å². The summed E-state index contributed by atoms with van der Waals surface area (Å²) in [5.74, 6) is -0.144. The lowest BCUT2D eigenvalue weighted by molar-refractivity contribution is 0.586. The lowest BCUT2D eigenvalue weighted by atomic mass is 10.4. The van der Waals surface area contributed by atoms with Gasteiger partial charge in [0, 0.05) is 12.4 Å². The SMILES string of the molecule is NC1C=CNN1c1nccc(I)c1F. The van der Waals surface area contributed by atoms with Gasteiger partial charge in [-0.1, -0.05) is 0 Å². The van der Waals surface area contributed by atoms with Crippen molar-refractivity contribution < 1.29 is 4.39 Å². The molecule has 0 radical (unpaired) electrons. The zero-order valence-electron chi connectivity index (χ0n) is 7.11. The van der Waals surface area contributed by atoms with Crippen LogP contribution in [0.3, 0.4) is 0 Å². The van der Waals surface area contributed by atoms with Crippen LogP contribution >= 0.6 is 22.6 Å². The van der Waals surface area contributed by atoms with Crippen LogP contribution in [0.15, 0.2) is 24.5 Å². The molecular weight excluding hydrogens is 298 g/mol. The second kappa shape index (κ2) is 3.70. The van der Waals surface area contributed by atoms with E-state index in [0.717, 1.165) is 0 Å². The summed E-state index contributed by atoms with van der Waals surface area (Å²) in [4.78, 5) is 3.94. The van der Waals surface area contributed by atoms with E-state index in [1.165, 1.54) is 5.01 Å². The van der Waals surface area contributed by atoms with Gasteiger partial charge in [-0.15, -0.1) is 0 Å². The van der Waals surface area contributed by atoms with Gasteiger partial charge in [-0.05, 0) is 34.7 Å². The molecule has 4 nitrogen and oxygen atoms in total. The van der Waals surface area contributed by atoms with Crippen molar-refractivity contribution in [3.8, 4) is 0 Å². The van der Waals surface area contributed by atoms with E-state index in [1.807, 2.05) is 22.6 Å². The third-order valence-electron chi connectivity index (χ3n) is 1.86. The minimum atomic E-state index is -0.379. The summed E-state index contributed by atoms with van der Waals surface area (Å²) in [7, 11) is 0. The van der Waals surface area contributed by atoms with Gasteiger partial charge in [0.25, 0.3) is 0 Å². The predicted octanol–water partition coefficient (Wildman–Crippen LogP) is 0.948. The maximum Gasteiger partial charge on any atom is 0.186 e. The number of hydrazine groups is 1. The number of nitrogens with zero attached hydrogens (tertiary/aromatic N) is 2. The molecule has 1 aromatic rings. The van der Waals surface area contributed by atoms with Crippen molar-refractivity contribution in [2.45, 2.75) is 6.17 Å². The molecule has 2 heterocycles. The Kier molecular flexibility index (Phi) is 2.55. The lowest BCUT2D eigenvalue weighted by Gasteiger charge is -2.22. The molecule has 0 amide bonds. The maximum absolute atomic E-state index is 13.6. The number of anilines is 1. The van der Waals surface area contributed by atoms with Gasteiger partial charge in [-0.25, -0.2) is 14.4 Å². The van der Waals surface area contributed by atoms with Crippen LogP contribution in [0, 0.1) is 9.39 Å². The highest BCUT2D eigenvalue weighted by Crippen LogP contribution is 2.21. The van der Waals surface area contributed by atoms with Crippen molar-refractivity contribution in [2.24, 2.45) is 5.73 Å². The molecule has 74 valence electrons. The van der Waals surface area contributed by atoms with E-state index in [1.54, 1.807) is 24.5 Å². The number of pyridine rings is 1. The van der Waals surface area contributed by atoms with Crippen molar-refractivity contribution in [1.29, 1.82) is 0 Å². The first kappa shape index (κ1) is 9.66. The molecule has 6 heteroatoms. The molecule has 3 N–H and O–H groups in total. The largest absolute Gasteiger partial charge is 0.306 e. The Hall–Kier alpha value is -0.890. The molecule has 1 aromatic heterocycles. The molecular formula is C8H8FIN4. The molecule has 0 spiro atoms. The Bertz CT molecular complexity index is 382. The first-order valence-corrected chi connectivity index (χ1v) is 5.05. The number of nitrogens with two attached hydrogens (primary N) is 1. The van der Waals surface area contributed by atoms with Gasteiger partial charge < -0.3 is 11.2 Å². The van der Waals surface area contributed by atoms with Crippen LogP contribution in [0.5, 0.6) is 0 Å². The first-order valence-electron chi connectivity index (χ1n) is 3.98. The Morgan fingerprint density at radius 1 is 1.64 bits per heavy atom. The van der Waals surface area contributed by atoms with E-state index in [2.05, 4.69) is 10.4 Å². The highest BCUT2D eigenvalue weighted by atomic mass is 127. The lowest BCUT2D eigenvalue weighted by Crippen LogP contribution is -2.44. The van der Waals surface area contributed by atoms with E-state index >= 15 is 0 Å². The Labute approximate surface area is 94.1 Å². The fraction of sp³-hybridized carbons (Fsp3) is 0.125. The standard InChI is InChI=1S/C8H8FIN4/c9-7-5(10)1-3-12-8(7)14-6(11)2-4-13-14/h1-4,6,13H,11H2. The molecule has 0 fully saturated rings. The number of nitrogens with one attached hydrogen (secondary N) is 1. The number of hydrogen-bond donors (Lipinski definition) is 2. The minimum Gasteiger partial charge on any atom is -0.306 e. The minimum absolute atomic E-state index is 0.217. The van der Waals surface area contributed by atoms with Crippen molar-refractivity contribution in [2.75, 3.05) is 5.01 Å². The molecule has 2 rings (SSSR count). The van der Waals surface area contributed by atoms with Crippen LogP contribution in [0.2, 0.25) is 0 Å². The van der Waals surface area contributed by atoms with Gasteiger partial charge in [0.2, 0.25) is 0 Å². The smallest absolute Gasteiger partial charge is 0.186 e. The summed E-state index contributed by atoms with van der Waals surface area (Å²) in [5.41, 5.74) is 8.51. The maximum atomic E-state index is 13.6. The van der Waals surface area contributed by atoms with E-state index in [9.17, 15) is 4.39 Å². The van der Waals surface area contributed by atoms with Crippen LogP contribution in [0.1, 0.15) is 0 Å². The second-order valence-electron chi connectivity index (χ2n) is 2.78. The summed E-state index contributed by atoms with van der Waals surface area (Å²) >= 11 is 1.91. The molecule has 0 bridgehead atoms. The number of hydrogen-bond acceptors (Lipinski definition) is 4. The van der Waals surface area contributed by atoms with Gasteiger partial charge in [-0.3, -0.25) is 0 Å². The average molecular weight is 306 g/mol. The molecule has 14 heavy (non-hydrogen) atoms. The predicted molar refractivity (Wildman–Crippen MR) is 59.6 cm³/mol. The Balaban J connectivity index is 2.37. The topological polar surface area (TPSA) is 54.2 Å². The van der Waals surface area contributed by atoms with Gasteiger partial charge in [0.15, 0.2) is 11.6 Å². The quantitative estimate of drug-likeness (QED) is 0.759. The molecule has 1 aliphatic heterocycles. The van der Waals surface area contributed by atoms with Gasteiger partial charge >= 0.3 is 0 Å². The molecule has 1 atom stereocenters. The van der Waals surface area contributed by atoms with Crippen molar-refractivity contribution in [3.05, 3.63) is 33.9 Å². The summed E-state index contributed by atoms with van der Waals surface area (Å²) in [5, 5.41) is 1.47. The van der Waals surface area contributed by atoms with Crippen LogP contribution in [0.25, 0.3) is 0 Å². The highest BCUT2D eigenvalue weighted by Gasteiger charge is 2.21. The monoisotopic (exact) mass is 306 g/mol. The van der Waals surface area contributed by atoms with E-state index in [0.29, 0.717) is 3.57 Å². The Morgan fingerprint density at radius 2 is 2.43 bits per heavy atom. The fourth-order valence-corrected chi connectivity index (χ4v) is 1.58. The molecule has 1 aliphatic rings. The van der Waals surface area contributed by atoms with Crippen molar-refractivity contribution >= 4 is 28.4 Å². The third-order valence-corrected chi connectivity index (χ3v) is 2.69. The third kappa shape index (κ3) is 1.55. The Morgan fingerprint density at radius 3 is 3.07 bits per heavy atom. The molecule has 0 saturated carbocycles. The number of aromatic nitrogens is 1. The molecule has 0 aliphatic carbocycles. The molecule has 1 unspecified atom stereocenters. The zero-order chi connectivity index (χ0) is 10.1. The van der Waals surface area contributed by atoms with E-state index in [-0.39, 0.29) is 17.8 Å². The van der Waals surface area contributed by atoms with Gasteiger partial charge in [0.05, 0.1) is 3.57 Å². The van der Waals surface area contributed by atoms with E-state index < -0.39 is 0 Å². The van der Waals surface area contributed by atoms with E-state index in [4.69, 9.17) is 5.73 Å². The van der Waals surface area contributed by atoms with Gasteiger partial charge in [-0.2, -0.15) is 0 Å². The zero-order valence-corrected chi connectivity index (χ0v) is 9.27. The average Bonchev–Trinajstić information content (AvgIpc) is 2.57. The normalized spacial score (nSPS) is 19.9. The first-order chi connectivity index (χ1) is 6.70. The summed E-state index contributed by atoms with van der Waals surface area (Å²) in [6.07, 6.45) is 4.55. The highest BCUT2D eigenvalue weighted by molar-refractivity contribution is 14.1. The van der Waals surface area contributed by atoms with Crippen LogP contribution in [-0.4, -0.2) is 11.1 Å². The number of halogens is 2. The summed E-state index contributed by atoms with van der Waals surface area (Å²) in [6, 6.07) is 1.61. The van der Waals surface area contributed by atoms with Crippen LogP contribution in [-0.2, 0) is 0 Å². The van der Waals surface area contributed by atoms with Crippen LogP contribution < -0.4 is 16.2 Å². The number of rotatable bonds is 1.